The zero-order valence-electron chi connectivity index (χ0n) is 17.7. The molecule has 0 aliphatic carbocycles. The molecule has 1 aliphatic rings. The number of nitrogens with zero attached hydrogens (tertiary/aromatic N) is 1. The summed E-state index contributed by atoms with van der Waals surface area (Å²) in [6, 6.07) is 15.8. The van der Waals surface area contributed by atoms with Crippen LogP contribution in [0.25, 0.3) is 5.57 Å². The van der Waals surface area contributed by atoms with E-state index in [9.17, 15) is 14.0 Å². The van der Waals surface area contributed by atoms with Crippen LogP contribution in [0.3, 0.4) is 0 Å². The second-order valence-corrected chi connectivity index (χ2v) is 7.83. The molecule has 0 radical (unpaired) electrons. The van der Waals surface area contributed by atoms with E-state index in [0.717, 1.165) is 16.0 Å². The predicted molar refractivity (Wildman–Crippen MR) is 123 cm³/mol. The lowest BCUT2D eigenvalue weighted by molar-refractivity contribution is -0.120. The normalized spacial score (nSPS) is 13.7. The lowest BCUT2D eigenvalue weighted by Crippen LogP contribution is -2.32. The number of hydrogen-bond donors (Lipinski definition) is 1. The molecule has 5 nitrogen and oxygen atoms in total. The summed E-state index contributed by atoms with van der Waals surface area (Å²) in [6.45, 7) is 3.88. The Morgan fingerprint density at radius 2 is 1.69 bits per heavy atom. The van der Waals surface area contributed by atoms with Crippen molar-refractivity contribution in [3.8, 4) is 5.75 Å². The van der Waals surface area contributed by atoms with E-state index in [0.29, 0.717) is 22.0 Å². The van der Waals surface area contributed by atoms with Crippen molar-refractivity contribution < 1.29 is 18.7 Å². The summed E-state index contributed by atoms with van der Waals surface area (Å²) in [6.07, 6.45) is 0. The van der Waals surface area contributed by atoms with Gasteiger partial charge in [0.25, 0.3) is 11.8 Å². The molecule has 0 unspecified atom stereocenters. The van der Waals surface area contributed by atoms with Gasteiger partial charge in [-0.3, -0.25) is 9.59 Å². The van der Waals surface area contributed by atoms with Gasteiger partial charge >= 0.3 is 0 Å². The molecule has 1 N–H and O–H groups in total. The minimum Gasteiger partial charge on any atom is -0.495 e. The fourth-order valence-corrected chi connectivity index (χ4v) is 3.77. The third-order valence-electron chi connectivity index (χ3n) is 5.46. The van der Waals surface area contributed by atoms with Crippen LogP contribution >= 0.6 is 11.6 Å². The number of methoxy groups -OCH3 is 1. The third-order valence-corrected chi connectivity index (χ3v) is 5.70. The first-order valence-corrected chi connectivity index (χ1v) is 10.3. The molecule has 162 valence electrons. The number of nitrogens with one attached hydrogen (secondary N) is 1. The molecule has 1 aliphatic heterocycles. The summed E-state index contributed by atoms with van der Waals surface area (Å²) >= 11 is 6.15. The number of benzene rings is 3. The first kappa shape index (κ1) is 21.6. The SMILES string of the molecule is COc1ccc(Cl)cc1N1C(=O)C(Nc2cccc(C)c2C)=C(c2ccc(F)cc2)C1=O. The standard InChI is InChI=1S/C25H20ClFN2O3/c1-14-5-4-6-19(15(14)2)28-23-22(16-7-10-18(27)11-8-16)24(30)29(25(23)31)20-13-17(26)9-12-21(20)32-3/h4-13,28H,1-3H3. The van der Waals surface area contributed by atoms with Crippen LogP contribution in [0.2, 0.25) is 5.02 Å². The highest BCUT2D eigenvalue weighted by Gasteiger charge is 2.41. The molecule has 0 saturated carbocycles. The van der Waals surface area contributed by atoms with Crippen LogP contribution in [0.15, 0.2) is 66.4 Å². The Kier molecular flexibility index (Phi) is 5.72. The number of carbonyl (C=O) groups excluding carboxylic acids is 2. The maximum atomic E-state index is 13.6. The number of anilines is 2. The molecule has 0 aromatic heterocycles. The highest BCUT2D eigenvalue weighted by atomic mass is 35.5. The van der Waals surface area contributed by atoms with Crippen LogP contribution in [0.5, 0.6) is 5.75 Å². The lowest BCUT2D eigenvalue weighted by Gasteiger charge is -2.19. The third kappa shape index (κ3) is 3.74. The van der Waals surface area contributed by atoms with E-state index >= 15 is 0 Å². The molecule has 0 fully saturated rings. The van der Waals surface area contributed by atoms with Gasteiger partial charge in [0.2, 0.25) is 0 Å². The number of aryl methyl sites for hydroxylation is 1. The first-order chi connectivity index (χ1) is 15.3. The van der Waals surface area contributed by atoms with Crippen LogP contribution in [-0.4, -0.2) is 18.9 Å². The van der Waals surface area contributed by atoms with Gasteiger partial charge in [-0.25, -0.2) is 9.29 Å². The van der Waals surface area contributed by atoms with E-state index in [1.807, 2.05) is 32.0 Å². The van der Waals surface area contributed by atoms with Crippen molar-refractivity contribution in [2.45, 2.75) is 13.8 Å². The average Bonchev–Trinajstić information content (AvgIpc) is 3.01. The van der Waals surface area contributed by atoms with Crippen molar-refractivity contribution >= 4 is 40.4 Å². The first-order valence-electron chi connectivity index (χ1n) is 9.87. The van der Waals surface area contributed by atoms with Gasteiger partial charge in [0.15, 0.2) is 0 Å². The second kappa shape index (κ2) is 8.48. The quantitative estimate of drug-likeness (QED) is 0.521. The van der Waals surface area contributed by atoms with Gasteiger partial charge in [-0.15, -0.1) is 0 Å². The Labute approximate surface area is 190 Å². The molecule has 2 amide bonds. The number of amides is 2. The fraction of sp³-hybridized carbons (Fsp3) is 0.120. The van der Waals surface area contributed by atoms with Crippen LogP contribution in [0.1, 0.15) is 16.7 Å². The largest absolute Gasteiger partial charge is 0.495 e. The summed E-state index contributed by atoms with van der Waals surface area (Å²) in [4.78, 5) is 28.1. The number of hydrogen-bond acceptors (Lipinski definition) is 4. The Bertz CT molecular complexity index is 1270. The molecule has 4 rings (SSSR count). The topological polar surface area (TPSA) is 58.6 Å². The molecule has 32 heavy (non-hydrogen) atoms. The summed E-state index contributed by atoms with van der Waals surface area (Å²) in [5.74, 6) is -1.24. The average molecular weight is 451 g/mol. The number of imide groups is 1. The molecule has 0 spiro atoms. The maximum Gasteiger partial charge on any atom is 0.282 e. The summed E-state index contributed by atoms with van der Waals surface area (Å²) in [5.41, 5.74) is 3.55. The van der Waals surface area contributed by atoms with Crippen molar-refractivity contribution in [1.82, 2.24) is 0 Å². The van der Waals surface area contributed by atoms with E-state index in [1.165, 1.54) is 37.4 Å². The maximum absolute atomic E-state index is 13.6. The Hall–Kier alpha value is -3.64. The molecule has 1 heterocycles. The molecule has 0 bridgehead atoms. The van der Waals surface area contributed by atoms with E-state index in [4.69, 9.17) is 16.3 Å². The monoisotopic (exact) mass is 450 g/mol. The van der Waals surface area contributed by atoms with Gasteiger partial charge in [-0.1, -0.05) is 35.9 Å². The van der Waals surface area contributed by atoms with Gasteiger partial charge in [0.05, 0.1) is 18.4 Å². The molecule has 7 heteroatoms. The van der Waals surface area contributed by atoms with E-state index in [1.54, 1.807) is 12.1 Å². The predicted octanol–water partition coefficient (Wildman–Crippen LogP) is 5.50. The molecule has 3 aromatic rings. The fourth-order valence-electron chi connectivity index (χ4n) is 3.61. The van der Waals surface area contributed by atoms with Crippen LogP contribution in [0.4, 0.5) is 15.8 Å². The van der Waals surface area contributed by atoms with Crippen molar-refractivity contribution in [2.75, 3.05) is 17.3 Å². The van der Waals surface area contributed by atoms with Crippen LogP contribution in [-0.2, 0) is 9.59 Å². The highest BCUT2D eigenvalue weighted by molar-refractivity contribution is 6.46. The number of carbonyl (C=O) groups is 2. The van der Waals surface area contributed by atoms with Gasteiger partial charge in [0, 0.05) is 10.7 Å². The summed E-state index contributed by atoms with van der Waals surface area (Å²) in [7, 11) is 1.45. The molecule has 0 atom stereocenters. The van der Waals surface area contributed by atoms with Gasteiger partial charge in [-0.05, 0) is 66.9 Å². The zero-order valence-corrected chi connectivity index (χ0v) is 18.5. The summed E-state index contributed by atoms with van der Waals surface area (Å²) < 4.78 is 18.9. The van der Waals surface area contributed by atoms with Crippen molar-refractivity contribution in [3.63, 3.8) is 0 Å². The lowest BCUT2D eigenvalue weighted by atomic mass is 10.0. The Morgan fingerprint density at radius 1 is 0.969 bits per heavy atom. The minimum absolute atomic E-state index is 0.0948. The van der Waals surface area contributed by atoms with Gasteiger partial charge in [-0.2, -0.15) is 0 Å². The van der Waals surface area contributed by atoms with E-state index in [-0.39, 0.29) is 17.0 Å². The van der Waals surface area contributed by atoms with Gasteiger partial charge < -0.3 is 10.1 Å². The molecule has 3 aromatic carbocycles. The number of halogens is 2. The Morgan fingerprint density at radius 3 is 2.38 bits per heavy atom. The Balaban J connectivity index is 1.88. The summed E-state index contributed by atoms with van der Waals surface area (Å²) in [5, 5.41) is 3.49. The van der Waals surface area contributed by atoms with E-state index < -0.39 is 17.6 Å². The molecular weight excluding hydrogens is 431 g/mol. The minimum atomic E-state index is -0.560. The van der Waals surface area contributed by atoms with Crippen LogP contribution < -0.4 is 15.0 Å². The molecule has 0 saturated heterocycles. The second-order valence-electron chi connectivity index (χ2n) is 7.39. The smallest absolute Gasteiger partial charge is 0.282 e. The number of rotatable bonds is 5. The van der Waals surface area contributed by atoms with Crippen molar-refractivity contribution in [1.29, 1.82) is 0 Å². The number of ether oxygens (including phenoxy) is 1. The van der Waals surface area contributed by atoms with Crippen molar-refractivity contribution in [3.05, 3.63) is 93.9 Å². The molecular formula is C25H20ClFN2O3. The van der Waals surface area contributed by atoms with Crippen molar-refractivity contribution in [2.24, 2.45) is 0 Å². The van der Waals surface area contributed by atoms with Crippen LogP contribution in [0, 0.1) is 19.7 Å². The van der Waals surface area contributed by atoms with Gasteiger partial charge in [0.1, 0.15) is 17.3 Å². The van der Waals surface area contributed by atoms with E-state index in [2.05, 4.69) is 5.32 Å². The highest BCUT2D eigenvalue weighted by Crippen LogP contribution is 2.39. The zero-order chi connectivity index (χ0) is 23.0.